The summed E-state index contributed by atoms with van der Waals surface area (Å²) in [6, 6.07) is 0.0988. The van der Waals surface area contributed by atoms with Crippen LogP contribution in [0.1, 0.15) is 19.3 Å². The molecule has 3 heteroatoms. The Morgan fingerprint density at radius 1 is 1.50 bits per heavy atom. The number of allylic oxidation sites excluding steroid dienone is 4. The fourth-order valence-electron chi connectivity index (χ4n) is 1.60. The van der Waals surface area contributed by atoms with Crippen LogP contribution in [0.4, 0.5) is 0 Å². The first-order valence-electron chi connectivity index (χ1n) is 5.44. The highest BCUT2D eigenvalue weighted by atomic mass is 16.4. The van der Waals surface area contributed by atoms with E-state index in [9.17, 15) is 4.79 Å². The second-order valence-electron chi connectivity index (χ2n) is 3.77. The molecule has 0 fully saturated rings. The quantitative estimate of drug-likeness (QED) is 0.698. The Kier molecular flexibility index (Phi) is 5.26. The molecule has 2 atom stereocenters. The molecule has 0 aliphatic carbocycles. The number of aliphatic carboxylic acids is 1. The molecular weight excluding hydrogens is 202 g/mol. The average Bonchev–Trinajstić information content (AvgIpc) is 2.52. The van der Waals surface area contributed by atoms with Crippen LogP contribution in [0.3, 0.4) is 0 Å². The molecule has 0 amide bonds. The first-order valence-corrected chi connectivity index (χ1v) is 5.44. The zero-order valence-electron chi connectivity index (χ0n) is 9.25. The first kappa shape index (κ1) is 12.4. The van der Waals surface area contributed by atoms with Gasteiger partial charge in [-0.25, -0.2) is 0 Å². The summed E-state index contributed by atoms with van der Waals surface area (Å²) in [5, 5.41) is 8.97. The highest BCUT2D eigenvalue weighted by Gasteiger charge is 2.16. The lowest BCUT2D eigenvalue weighted by Gasteiger charge is -2.12. The maximum Gasteiger partial charge on any atom is 0.306 e. The van der Waals surface area contributed by atoms with Crippen LogP contribution in [-0.2, 0) is 4.79 Å². The van der Waals surface area contributed by atoms with Crippen molar-refractivity contribution in [3.8, 4) is 0 Å². The predicted octanol–water partition coefficient (Wildman–Crippen LogP) is 2.61. The Hall–Kier alpha value is -1.64. The molecule has 0 spiro atoms. The first-order chi connectivity index (χ1) is 7.74. The van der Waals surface area contributed by atoms with Crippen molar-refractivity contribution in [2.75, 3.05) is 0 Å². The van der Waals surface area contributed by atoms with Gasteiger partial charge in [0, 0.05) is 6.21 Å². The number of rotatable bonds is 6. The van der Waals surface area contributed by atoms with E-state index in [2.05, 4.69) is 11.6 Å². The number of nitrogens with zero attached hydrogens (tertiary/aromatic N) is 1. The van der Waals surface area contributed by atoms with Crippen LogP contribution in [-0.4, -0.2) is 23.3 Å². The molecule has 0 radical (unpaired) electrons. The SMILES string of the molecule is C=CCC(CCC1C=CC=CC=N1)C(=O)O. The van der Waals surface area contributed by atoms with E-state index >= 15 is 0 Å². The van der Waals surface area contributed by atoms with E-state index in [0.717, 1.165) is 6.42 Å². The molecule has 3 nitrogen and oxygen atoms in total. The van der Waals surface area contributed by atoms with Gasteiger partial charge in [0.1, 0.15) is 0 Å². The number of carboxylic acid groups (broad SMARTS) is 1. The molecule has 0 aromatic heterocycles. The van der Waals surface area contributed by atoms with E-state index in [1.807, 2.05) is 24.3 Å². The minimum Gasteiger partial charge on any atom is -0.481 e. The molecule has 1 N–H and O–H groups in total. The largest absolute Gasteiger partial charge is 0.481 e. The maximum absolute atomic E-state index is 10.9. The summed E-state index contributed by atoms with van der Waals surface area (Å²) < 4.78 is 0. The van der Waals surface area contributed by atoms with E-state index in [1.165, 1.54) is 0 Å². The summed E-state index contributed by atoms with van der Waals surface area (Å²) in [7, 11) is 0. The topological polar surface area (TPSA) is 49.7 Å². The fraction of sp³-hybridized carbons (Fsp3) is 0.385. The molecule has 1 heterocycles. The van der Waals surface area contributed by atoms with Gasteiger partial charge >= 0.3 is 5.97 Å². The van der Waals surface area contributed by atoms with Crippen molar-refractivity contribution in [2.45, 2.75) is 25.3 Å². The zero-order valence-corrected chi connectivity index (χ0v) is 9.25. The Balaban J connectivity index is 2.42. The molecular formula is C13H17NO2. The summed E-state index contributed by atoms with van der Waals surface area (Å²) in [5.41, 5.74) is 0. The summed E-state index contributed by atoms with van der Waals surface area (Å²) in [6.45, 7) is 3.58. The molecule has 1 aliphatic rings. The van der Waals surface area contributed by atoms with Crippen LogP contribution < -0.4 is 0 Å². The Morgan fingerprint density at radius 3 is 3.00 bits per heavy atom. The van der Waals surface area contributed by atoms with Crippen LogP contribution in [0.25, 0.3) is 0 Å². The monoisotopic (exact) mass is 219 g/mol. The Labute approximate surface area is 95.9 Å². The fourth-order valence-corrected chi connectivity index (χ4v) is 1.60. The molecule has 1 rings (SSSR count). The number of carbonyl (C=O) groups is 1. The third-order valence-electron chi connectivity index (χ3n) is 2.53. The summed E-state index contributed by atoms with van der Waals surface area (Å²) in [4.78, 5) is 15.2. The minimum atomic E-state index is -0.750. The van der Waals surface area contributed by atoms with E-state index in [1.54, 1.807) is 12.3 Å². The van der Waals surface area contributed by atoms with E-state index in [0.29, 0.717) is 12.8 Å². The summed E-state index contributed by atoms with van der Waals surface area (Å²) in [6.07, 6.45) is 13.1. The average molecular weight is 219 g/mol. The van der Waals surface area contributed by atoms with Gasteiger partial charge in [0.25, 0.3) is 0 Å². The van der Waals surface area contributed by atoms with Crippen LogP contribution in [0.5, 0.6) is 0 Å². The predicted molar refractivity (Wildman–Crippen MR) is 65.7 cm³/mol. The lowest BCUT2D eigenvalue weighted by Crippen LogP contribution is -2.15. The van der Waals surface area contributed by atoms with Gasteiger partial charge < -0.3 is 5.11 Å². The van der Waals surface area contributed by atoms with Gasteiger partial charge in [0.15, 0.2) is 0 Å². The second-order valence-corrected chi connectivity index (χ2v) is 3.77. The summed E-state index contributed by atoms with van der Waals surface area (Å²) in [5.74, 6) is -1.09. The minimum absolute atomic E-state index is 0.0988. The Morgan fingerprint density at radius 2 is 2.31 bits per heavy atom. The van der Waals surface area contributed by atoms with Gasteiger partial charge in [0.05, 0.1) is 12.0 Å². The third kappa shape index (κ3) is 4.26. The van der Waals surface area contributed by atoms with Crippen molar-refractivity contribution < 1.29 is 9.90 Å². The lowest BCUT2D eigenvalue weighted by molar-refractivity contribution is -0.141. The standard InChI is InChI=1S/C13H17NO2/c1-2-6-11(13(15)16)8-9-12-7-4-3-5-10-14-12/h2-5,7,10-12H,1,6,8-9H2,(H,15,16). The summed E-state index contributed by atoms with van der Waals surface area (Å²) >= 11 is 0. The highest BCUT2D eigenvalue weighted by Crippen LogP contribution is 2.16. The number of hydrogen-bond acceptors (Lipinski definition) is 2. The molecule has 1 aliphatic heterocycles. The smallest absolute Gasteiger partial charge is 0.306 e. The van der Waals surface area contributed by atoms with E-state index in [4.69, 9.17) is 5.11 Å². The molecule has 0 aromatic carbocycles. The van der Waals surface area contributed by atoms with Crippen LogP contribution >= 0.6 is 0 Å². The molecule has 86 valence electrons. The zero-order chi connectivity index (χ0) is 11.8. The van der Waals surface area contributed by atoms with Gasteiger partial charge in [0.2, 0.25) is 0 Å². The second kappa shape index (κ2) is 6.77. The molecule has 2 unspecified atom stereocenters. The highest BCUT2D eigenvalue weighted by molar-refractivity contribution is 5.72. The van der Waals surface area contributed by atoms with Gasteiger partial charge in [-0.15, -0.1) is 6.58 Å². The normalized spacial score (nSPS) is 20.4. The Bertz CT molecular complexity index is 313. The van der Waals surface area contributed by atoms with Gasteiger partial charge in [-0.2, -0.15) is 0 Å². The van der Waals surface area contributed by atoms with Gasteiger partial charge in [-0.3, -0.25) is 9.79 Å². The molecule has 0 saturated heterocycles. The molecule has 0 aromatic rings. The van der Waals surface area contributed by atoms with Crippen molar-refractivity contribution in [3.05, 3.63) is 37.0 Å². The van der Waals surface area contributed by atoms with Gasteiger partial charge in [-0.05, 0) is 25.3 Å². The number of hydrogen-bond donors (Lipinski definition) is 1. The lowest BCUT2D eigenvalue weighted by atomic mass is 9.97. The van der Waals surface area contributed by atoms with Crippen molar-refractivity contribution in [1.29, 1.82) is 0 Å². The van der Waals surface area contributed by atoms with E-state index < -0.39 is 5.97 Å². The van der Waals surface area contributed by atoms with Crippen LogP contribution in [0.15, 0.2) is 42.0 Å². The van der Waals surface area contributed by atoms with Crippen molar-refractivity contribution >= 4 is 12.2 Å². The number of carboxylic acids is 1. The van der Waals surface area contributed by atoms with E-state index in [-0.39, 0.29) is 12.0 Å². The molecule has 16 heavy (non-hydrogen) atoms. The van der Waals surface area contributed by atoms with Crippen molar-refractivity contribution in [3.63, 3.8) is 0 Å². The number of aliphatic imine (C=N–C) groups is 1. The molecule has 0 saturated carbocycles. The maximum atomic E-state index is 10.9. The van der Waals surface area contributed by atoms with Crippen molar-refractivity contribution in [2.24, 2.45) is 10.9 Å². The van der Waals surface area contributed by atoms with Crippen LogP contribution in [0.2, 0.25) is 0 Å². The van der Waals surface area contributed by atoms with Gasteiger partial charge in [-0.1, -0.05) is 24.3 Å². The molecule has 0 bridgehead atoms. The van der Waals surface area contributed by atoms with Crippen molar-refractivity contribution in [1.82, 2.24) is 0 Å². The third-order valence-corrected chi connectivity index (χ3v) is 2.53. The van der Waals surface area contributed by atoms with Crippen LogP contribution in [0, 0.1) is 5.92 Å².